The van der Waals surface area contributed by atoms with Crippen molar-refractivity contribution in [3.63, 3.8) is 0 Å². The highest BCUT2D eigenvalue weighted by molar-refractivity contribution is 6.21. The minimum Gasteiger partial charge on any atom is -0.354 e. The normalized spacial score (nSPS) is 19.6. The van der Waals surface area contributed by atoms with Crippen LogP contribution in [0.5, 0.6) is 0 Å². The molecule has 1 saturated carbocycles. The number of hydrogen-bond acceptors (Lipinski definition) is 1. The molecule has 1 N–H and O–H groups in total. The highest BCUT2D eigenvalue weighted by Gasteiger charge is 2.41. The van der Waals surface area contributed by atoms with Gasteiger partial charge in [-0.05, 0) is 31.1 Å². The molecular formula is C17H32ClNO. The Bertz CT molecular complexity index is 293. The number of hydrogen-bond donors (Lipinski definition) is 1. The van der Waals surface area contributed by atoms with Gasteiger partial charge in [-0.3, -0.25) is 4.79 Å². The fourth-order valence-corrected chi connectivity index (χ4v) is 4.14. The lowest BCUT2D eigenvalue weighted by atomic mass is 9.77. The van der Waals surface area contributed by atoms with E-state index < -0.39 is 0 Å². The maximum absolute atomic E-state index is 12.6. The number of nitrogens with one attached hydrogen (secondary N) is 1. The van der Waals surface area contributed by atoms with Gasteiger partial charge in [0, 0.05) is 12.0 Å². The summed E-state index contributed by atoms with van der Waals surface area (Å²) in [7, 11) is 0. The topological polar surface area (TPSA) is 29.1 Å². The molecule has 1 aliphatic carbocycles. The summed E-state index contributed by atoms with van der Waals surface area (Å²) in [5.41, 5.74) is -0.112. The van der Waals surface area contributed by atoms with Crippen LogP contribution in [-0.4, -0.2) is 17.8 Å². The third kappa shape index (κ3) is 4.65. The van der Waals surface area contributed by atoms with Crippen LogP contribution in [0, 0.1) is 17.3 Å². The zero-order valence-electron chi connectivity index (χ0n) is 13.7. The molecule has 0 saturated heterocycles. The third-order valence-electron chi connectivity index (χ3n) is 4.86. The Morgan fingerprint density at radius 3 is 2.20 bits per heavy atom. The Morgan fingerprint density at radius 1 is 1.20 bits per heavy atom. The molecule has 1 unspecified atom stereocenters. The fourth-order valence-electron chi connectivity index (χ4n) is 3.70. The predicted molar refractivity (Wildman–Crippen MR) is 87.1 cm³/mol. The smallest absolute Gasteiger partial charge is 0.226 e. The van der Waals surface area contributed by atoms with Gasteiger partial charge in [0.2, 0.25) is 5.91 Å². The molecular weight excluding hydrogens is 270 g/mol. The van der Waals surface area contributed by atoms with Gasteiger partial charge in [0.1, 0.15) is 0 Å². The summed E-state index contributed by atoms with van der Waals surface area (Å²) in [6, 6.07) is 0. The SMILES string of the molecule is CCC(CC)C(Cl)CNC(=O)C1(CC(C)C)CCCC1. The molecule has 0 aromatic heterocycles. The van der Waals surface area contributed by atoms with Crippen LogP contribution in [-0.2, 0) is 4.79 Å². The Labute approximate surface area is 130 Å². The van der Waals surface area contributed by atoms with Crippen LogP contribution in [0.3, 0.4) is 0 Å². The second-order valence-electron chi connectivity index (χ2n) is 6.89. The predicted octanol–water partition coefficient (Wildman–Crippen LogP) is 4.75. The van der Waals surface area contributed by atoms with Crippen LogP contribution in [0.1, 0.15) is 72.6 Å². The highest BCUT2D eigenvalue weighted by atomic mass is 35.5. The van der Waals surface area contributed by atoms with Gasteiger partial charge in [-0.25, -0.2) is 0 Å². The molecule has 0 radical (unpaired) electrons. The van der Waals surface area contributed by atoms with Crippen molar-refractivity contribution in [2.45, 2.75) is 78.0 Å². The summed E-state index contributed by atoms with van der Waals surface area (Å²) < 4.78 is 0. The number of carbonyl (C=O) groups excluding carboxylic acids is 1. The van der Waals surface area contributed by atoms with Gasteiger partial charge >= 0.3 is 0 Å². The first kappa shape index (κ1) is 17.8. The minimum absolute atomic E-state index is 0.0615. The maximum Gasteiger partial charge on any atom is 0.226 e. The monoisotopic (exact) mass is 301 g/mol. The fraction of sp³-hybridized carbons (Fsp3) is 0.941. The van der Waals surface area contributed by atoms with Crippen molar-refractivity contribution in [3.05, 3.63) is 0 Å². The summed E-state index contributed by atoms with van der Waals surface area (Å²) in [5, 5.41) is 3.21. The standard InChI is InChI=1S/C17H32ClNO/c1-5-14(6-2)15(18)12-19-16(20)17(11-13(3)4)9-7-8-10-17/h13-15H,5-12H2,1-4H3,(H,19,20). The van der Waals surface area contributed by atoms with Crippen molar-refractivity contribution >= 4 is 17.5 Å². The van der Waals surface area contributed by atoms with Crippen LogP contribution in [0.4, 0.5) is 0 Å². The Hall–Kier alpha value is -0.240. The molecule has 0 aromatic carbocycles. The average molecular weight is 302 g/mol. The molecule has 0 bridgehead atoms. The van der Waals surface area contributed by atoms with E-state index in [-0.39, 0.29) is 16.7 Å². The van der Waals surface area contributed by atoms with Crippen molar-refractivity contribution < 1.29 is 4.79 Å². The largest absolute Gasteiger partial charge is 0.354 e. The summed E-state index contributed by atoms with van der Waals surface area (Å²) in [4.78, 5) is 12.6. The lowest BCUT2D eigenvalue weighted by Gasteiger charge is -2.30. The molecule has 0 aromatic rings. The number of alkyl halides is 1. The van der Waals surface area contributed by atoms with E-state index >= 15 is 0 Å². The molecule has 0 spiro atoms. The molecule has 1 amide bonds. The van der Waals surface area contributed by atoms with E-state index in [4.69, 9.17) is 11.6 Å². The average Bonchev–Trinajstić information content (AvgIpc) is 2.86. The van der Waals surface area contributed by atoms with Crippen molar-refractivity contribution in [2.75, 3.05) is 6.54 Å². The minimum atomic E-state index is -0.112. The van der Waals surface area contributed by atoms with Crippen LogP contribution < -0.4 is 5.32 Å². The number of halogens is 1. The number of carbonyl (C=O) groups is 1. The van der Waals surface area contributed by atoms with Crippen LogP contribution in [0.15, 0.2) is 0 Å². The van der Waals surface area contributed by atoms with Crippen molar-refractivity contribution in [1.82, 2.24) is 5.32 Å². The number of rotatable bonds is 8. The van der Waals surface area contributed by atoms with E-state index in [2.05, 4.69) is 33.0 Å². The van der Waals surface area contributed by atoms with Crippen molar-refractivity contribution in [3.8, 4) is 0 Å². The Balaban J connectivity index is 2.55. The Morgan fingerprint density at radius 2 is 1.75 bits per heavy atom. The van der Waals surface area contributed by atoms with Gasteiger partial charge in [-0.15, -0.1) is 11.6 Å². The molecule has 3 heteroatoms. The zero-order chi connectivity index (χ0) is 15.2. The quantitative estimate of drug-likeness (QED) is 0.644. The molecule has 20 heavy (non-hydrogen) atoms. The molecule has 2 nitrogen and oxygen atoms in total. The second-order valence-corrected chi connectivity index (χ2v) is 7.45. The summed E-state index contributed by atoms with van der Waals surface area (Å²) in [6.45, 7) is 9.38. The molecule has 1 atom stereocenters. The van der Waals surface area contributed by atoms with Crippen molar-refractivity contribution in [1.29, 1.82) is 0 Å². The molecule has 1 rings (SSSR count). The van der Waals surface area contributed by atoms with E-state index in [0.717, 1.165) is 32.1 Å². The van der Waals surface area contributed by atoms with Gasteiger partial charge in [0.25, 0.3) is 0 Å². The van der Waals surface area contributed by atoms with Gasteiger partial charge in [-0.2, -0.15) is 0 Å². The van der Waals surface area contributed by atoms with Gasteiger partial charge < -0.3 is 5.32 Å². The van der Waals surface area contributed by atoms with E-state index in [9.17, 15) is 4.79 Å². The lowest BCUT2D eigenvalue weighted by Crippen LogP contribution is -2.43. The first-order valence-corrected chi connectivity index (χ1v) is 8.81. The third-order valence-corrected chi connectivity index (χ3v) is 5.37. The summed E-state index contributed by atoms with van der Waals surface area (Å²) >= 11 is 6.43. The lowest BCUT2D eigenvalue weighted by molar-refractivity contribution is -0.131. The van der Waals surface area contributed by atoms with Crippen molar-refractivity contribution in [2.24, 2.45) is 17.3 Å². The van der Waals surface area contributed by atoms with E-state index in [0.29, 0.717) is 18.4 Å². The van der Waals surface area contributed by atoms with E-state index in [1.54, 1.807) is 0 Å². The van der Waals surface area contributed by atoms with Crippen LogP contribution >= 0.6 is 11.6 Å². The number of amides is 1. The van der Waals surface area contributed by atoms with Gasteiger partial charge in [-0.1, -0.05) is 53.4 Å². The first-order valence-electron chi connectivity index (χ1n) is 8.37. The molecule has 0 aliphatic heterocycles. The Kier molecular flexibility index (Phi) is 7.36. The first-order chi connectivity index (χ1) is 9.45. The zero-order valence-corrected chi connectivity index (χ0v) is 14.4. The van der Waals surface area contributed by atoms with Gasteiger partial charge in [0.15, 0.2) is 0 Å². The van der Waals surface area contributed by atoms with E-state index in [1.165, 1.54) is 12.8 Å². The van der Waals surface area contributed by atoms with Crippen LogP contribution in [0.2, 0.25) is 0 Å². The van der Waals surface area contributed by atoms with Crippen LogP contribution in [0.25, 0.3) is 0 Å². The summed E-state index contributed by atoms with van der Waals surface area (Å²) in [5.74, 6) is 1.33. The molecule has 1 aliphatic rings. The maximum atomic E-state index is 12.6. The van der Waals surface area contributed by atoms with E-state index in [1.807, 2.05) is 0 Å². The second kappa shape index (κ2) is 8.26. The molecule has 1 fully saturated rings. The molecule has 118 valence electrons. The molecule has 0 heterocycles. The van der Waals surface area contributed by atoms with Gasteiger partial charge in [0.05, 0.1) is 5.38 Å². The highest BCUT2D eigenvalue weighted by Crippen LogP contribution is 2.43. The summed E-state index contributed by atoms with van der Waals surface area (Å²) in [6.07, 6.45) is 7.66.